The number of carbonyl (C=O) groups excluding carboxylic acids is 5. The van der Waals surface area contributed by atoms with Crippen LogP contribution in [0.5, 0.6) is 23.0 Å². The van der Waals surface area contributed by atoms with E-state index in [1.165, 1.54) is 31.4 Å². The number of methoxy groups -OCH3 is 1. The minimum absolute atomic E-state index is 0.0965. The number of ether oxygens (including phenoxy) is 6. The van der Waals surface area contributed by atoms with Crippen LogP contribution in [0.15, 0.2) is 91.1 Å². The largest absolute Gasteiger partial charge is 0.493 e. The Morgan fingerprint density at radius 3 is 2.04 bits per heavy atom. The van der Waals surface area contributed by atoms with Crippen LogP contribution in [0.4, 0.5) is 17.1 Å². The van der Waals surface area contributed by atoms with E-state index in [1.54, 1.807) is 19.4 Å². The van der Waals surface area contributed by atoms with Crippen molar-refractivity contribution in [3.05, 3.63) is 108 Å². The second-order valence-corrected chi connectivity index (χ2v) is 19.1. The van der Waals surface area contributed by atoms with Crippen molar-refractivity contribution in [2.75, 3.05) is 104 Å². The molecule has 0 saturated carbocycles. The Kier molecular flexibility index (Phi) is 23.2. The molecule has 0 bridgehead atoms. The number of nitrogens with one attached hydrogen (secondary N) is 2. The Hall–Kier alpha value is -7.47. The number of nitrogen functional groups attached to an aromatic ring is 1. The van der Waals surface area contributed by atoms with Crippen LogP contribution in [0, 0.1) is 11.3 Å². The second kappa shape index (κ2) is 31.1. The van der Waals surface area contributed by atoms with E-state index in [9.17, 15) is 29.2 Å². The number of aromatic nitrogens is 1. The molecule has 4 amide bonds. The van der Waals surface area contributed by atoms with Crippen LogP contribution < -0.4 is 30.6 Å². The van der Waals surface area contributed by atoms with E-state index in [2.05, 4.69) is 31.5 Å². The standard InChI is InChI=1S/C46H61N5O7.C13H11N3O4/c1-53-44-34-42-43(48-37-38(36-47)46(42)49-39-16-18-41(19-17-39)58-40-14-7-6-8-15-40)35-45(44)57-29-13-21-51-24-22-50(23-25-51)20-9-2-4-11-27-54-30-32-56-33-31-55-28-12-5-3-10-26-52;14-7-3-1-2-6-10(7)13(20)16(12(6)19)8-4-5-9(17)15-11(8)18/h6-8,14-19,26,34-35,37H,2-5,9-13,20-25,27-33H2,1H3,(H,48,49);1-3,8H,4-5,14H2,(H,15,17,18). The Morgan fingerprint density at radius 2 is 1.38 bits per heavy atom. The number of pyridine rings is 1. The first-order valence-electron chi connectivity index (χ1n) is 27.0. The van der Waals surface area contributed by atoms with Gasteiger partial charge in [0, 0.05) is 87.8 Å². The minimum atomic E-state index is -0.959. The predicted molar refractivity (Wildman–Crippen MR) is 295 cm³/mol. The highest BCUT2D eigenvalue weighted by atomic mass is 16.5. The molecule has 3 aliphatic heterocycles. The number of piperazine rings is 1. The summed E-state index contributed by atoms with van der Waals surface area (Å²) in [4.78, 5) is 68.4. The molecule has 4 aromatic carbocycles. The maximum absolute atomic E-state index is 12.3. The van der Waals surface area contributed by atoms with Crippen LogP contribution in [-0.4, -0.2) is 148 Å². The molecule has 4 heterocycles. The van der Waals surface area contributed by atoms with Crippen molar-refractivity contribution >= 4 is 57.9 Å². The number of nitriles is 1. The first-order chi connectivity index (χ1) is 38.2. The zero-order chi connectivity index (χ0) is 54.9. The molecule has 78 heavy (non-hydrogen) atoms. The van der Waals surface area contributed by atoms with Crippen molar-refractivity contribution < 1.29 is 52.4 Å². The molecule has 3 aliphatic rings. The third-order valence-electron chi connectivity index (χ3n) is 13.6. The Morgan fingerprint density at radius 1 is 0.731 bits per heavy atom. The summed E-state index contributed by atoms with van der Waals surface area (Å²) >= 11 is 0. The number of hydrogen-bond acceptors (Lipinski definition) is 17. The zero-order valence-corrected chi connectivity index (χ0v) is 44.6. The van der Waals surface area contributed by atoms with Crippen LogP contribution in [0.3, 0.4) is 0 Å². The summed E-state index contributed by atoms with van der Waals surface area (Å²) in [6.45, 7) is 11.0. The molecule has 414 valence electrons. The first kappa shape index (κ1) is 58.2. The molecule has 19 nitrogen and oxygen atoms in total. The van der Waals surface area contributed by atoms with Gasteiger partial charge in [0.15, 0.2) is 11.5 Å². The van der Waals surface area contributed by atoms with Gasteiger partial charge in [0.1, 0.15) is 29.9 Å². The number of nitrogens with zero attached hydrogens (tertiary/aromatic N) is 5. The molecular formula is C59H72N8O11. The monoisotopic (exact) mass is 1070 g/mol. The van der Waals surface area contributed by atoms with Crippen molar-refractivity contribution in [3.8, 4) is 29.1 Å². The van der Waals surface area contributed by atoms with Crippen LogP contribution in [0.25, 0.3) is 10.9 Å². The lowest BCUT2D eigenvalue weighted by molar-refractivity contribution is -0.136. The fraction of sp³-hybridized carbons (Fsp3) is 0.441. The Labute approximate surface area is 456 Å². The average Bonchev–Trinajstić information content (AvgIpc) is 3.80. The molecule has 5 aromatic rings. The topological polar surface area (TPSA) is 237 Å². The number of aldehydes is 1. The third-order valence-corrected chi connectivity index (χ3v) is 13.6. The number of benzene rings is 4. The lowest BCUT2D eigenvalue weighted by Crippen LogP contribution is -2.54. The molecule has 4 N–H and O–H groups in total. The average molecular weight is 1070 g/mol. The summed E-state index contributed by atoms with van der Waals surface area (Å²) in [5.41, 5.74) is 8.86. The summed E-state index contributed by atoms with van der Waals surface area (Å²) in [6, 6.07) is 27.0. The maximum atomic E-state index is 12.3. The fourth-order valence-electron chi connectivity index (χ4n) is 9.36. The molecule has 1 unspecified atom stereocenters. The third kappa shape index (κ3) is 17.0. The number of amides is 4. The molecule has 2 fully saturated rings. The number of rotatable bonds is 30. The van der Waals surface area contributed by atoms with Gasteiger partial charge >= 0.3 is 0 Å². The first-order valence-corrected chi connectivity index (χ1v) is 27.0. The minimum Gasteiger partial charge on any atom is -0.493 e. The van der Waals surface area contributed by atoms with E-state index in [-0.39, 0.29) is 29.7 Å². The molecule has 2 saturated heterocycles. The second-order valence-electron chi connectivity index (χ2n) is 19.1. The van der Waals surface area contributed by atoms with Gasteiger partial charge in [-0.25, -0.2) is 0 Å². The number of unbranched alkanes of at least 4 members (excludes halogenated alkanes) is 6. The summed E-state index contributed by atoms with van der Waals surface area (Å²) in [7, 11) is 1.63. The van der Waals surface area contributed by atoms with Gasteiger partial charge in [-0.2, -0.15) is 5.26 Å². The van der Waals surface area contributed by atoms with Gasteiger partial charge < -0.3 is 54.1 Å². The maximum Gasteiger partial charge on any atom is 0.264 e. The molecule has 0 radical (unpaired) electrons. The summed E-state index contributed by atoms with van der Waals surface area (Å²) < 4.78 is 34.8. The summed E-state index contributed by atoms with van der Waals surface area (Å²) in [5, 5.41) is 16.2. The fourth-order valence-corrected chi connectivity index (χ4v) is 9.36. The van der Waals surface area contributed by atoms with Crippen LogP contribution >= 0.6 is 0 Å². The zero-order valence-electron chi connectivity index (χ0n) is 44.6. The van der Waals surface area contributed by atoms with Crippen LogP contribution in [0.2, 0.25) is 0 Å². The normalized spacial score (nSPS) is 15.5. The number of piperidine rings is 1. The molecular weight excluding hydrogens is 997 g/mol. The van der Waals surface area contributed by atoms with E-state index in [0.29, 0.717) is 67.7 Å². The molecule has 8 rings (SSSR count). The lowest BCUT2D eigenvalue weighted by atomic mass is 10.0. The summed E-state index contributed by atoms with van der Waals surface area (Å²) in [6.07, 6.45) is 12.1. The Balaban J connectivity index is 0.000000365. The van der Waals surface area contributed by atoms with Crippen molar-refractivity contribution in [1.29, 1.82) is 5.26 Å². The highest BCUT2D eigenvalue weighted by Crippen LogP contribution is 2.38. The van der Waals surface area contributed by atoms with Crippen molar-refractivity contribution in [2.45, 2.75) is 76.7 Å². The van der Waals surface area contributed by atoms with Gasteiger partial charge in [-0.3, -0.25) is 34.4 Å². The van der Waals surface area contributed by atoms with E-state index in [4.69, 9.17) is 34.2 Å². The number of anilines is 3. The number of imide groups is 2. The van der Waals surface area contributed by atoms with Gasteiger partial charge in [0.25, 0.3) is 11.8 Å². The highest BCUT2D eigenvalue weighted by molar-refractivity contribution is 6.25. The molecule has 0 spiro atoms. The van der Waals surface area contributed by atoms with E-state index in [1.807, 2.05) is 66.7 Å². The molecule has 1 aromatic heterocycles. The number of hydrogen-bond donors (Lipinski definition) is 3. The number of carbonyl (C=O) groups is 5. The number of fused-ring (bicyclic) bond motifs is 2. The van der Waals surface area contributed by atoms with Gasteiger partial charge in [-0.1, -0.05) is 43.5 Å². The molecule has 1 atom stereocenters. The SMILES string of the molecule is COc1cc2c(Nc3ccc(Oc4ccccc4)cc3)c(C#N)cnc2cc1OCCCN1CCN(CCCCCCOCCOCCOCCCCCC=O)CC1.Nc1cccc2c1C(=O)N(C1CCC(=O)NC1=O)C2=O. The Bertz CT molecular complexity index is 2800. The number of para-hydroxylation sites is 1. The van der Waals surface area contributed by atoms with Gasteiger partial charge in [-0.05, 0) is 99.7 Å². The predicted octanol–water partition coefficient (Wildman–Crippen LogP) is 8.08. The van der Waals surface area contributed by atoms with E-state index >= 15 is 0 Å². The van der Waals surface area contributed by atoms with Crippen molar-refractivity contribution in [1.82, 2.24) is 25.0 Å². The lowest BCUT2D eigenvalue weighted by Gasteiger charge is -2.34. The smallest absolute Gasteiger partial charge is 0.264 e. The van der Waals surface area contributed by atoms with Gasteiger partial charge in [-0.15, -0.1) is 0 Å². The van der Waals surface area contributed by atoms with Gasteiger partial charge in [0.05, 0.1) is 68.0 Å². The quantitative estimate of drug-likeness (QED) is 0.0170. The van der Waals surface area contributed by atoms with Crippen LogP contribution in [0.1, 0.15) is 96.9 Å². The van der Waals surface area contributed by atoms with E-state index in [0.717, 1.165) is 118 Å². The van der Waals surface area contributed by atoms with Crippen molar-refractivity contribution in [3.63, 3.8) is 0 Å². The van der Waals surface area contributed by atoms with Gasteiger partial charge in [0.2, 0.25) is 11.8 Å². The van der Waals surface area contributed by atoms with Crippen LogP contribution in [-0.2, 0) is 28.6 Å². The number of nitrogens with two attached hydrogens (primary N) is 1. The van der Waals surface area contributed by atoms with E-state index < -0.39 is 29.7 Å². The molecule has 0 aliphatic carbocycles. The molecule has 19 heteroatoms. The van der Waals surface area contributed by atoms with Crippen molar-refractivity contribution in [2.24, 2.45) is 0 Å². The highest BCUT2D eigenvalue weighted by Gasteiger charge is 2.45. The summed E-state index contributed by atoms with van der Waals surface area (Å²) in [5.74, 6) is 0.554.